The Balaban J connectivity index is 1.24. The maximum atomic E-state index is 15.1. The minimum Gasteiger partial charge on any atom is -0.322 e. The van der Waals surface area contributed by atoms with Gasteiger partial charge in [-0.05, 0) is 70.0 Å². The van der Waals surface area contributed by atoms with Crippen molar-refractivity contribution in [2.24, 2.45) is 0 Å². The molecule has 9 heteroatoms. The molecule has 0 saturated carbocycles. The van der Waals surface area contributed by atoms with Crippen LogP contribution in [-0.2, 0) is 18.5 Å². The van der Waals surface area contributed by atoms with Gasteiger partial charge in [0.2, 0.25) is 5.95 Å². The number of rotatable bonds is 6. The normalized spacial score (nSPS) is 17.6. The molecule has 0 spiro atoms. The average Bonchev–Trinajstić information content (AvgIpc) is 3.44. The molecular formula is C30H37FN8. The Morgan fingerprint density at radius 3 is 2.51 bits per heavy atom. The fourth-order valence-electron chi connectivity index (χ4n) is 5.98. The van der Waals surface area contributed by atoms with Crippen molar-refractivity contribution in [1.82, 2.24) is 34.3 Å². The van der Waals surface area contributed by atoms with Crippen molar-refractivity contribution in [1.29, 1.82) is 0 Å². The summed E-state index contributed by atoms with van der Waals surface area (Å²) < 4.78 is 17.4. The summed E-state index contributed by atoms with van der Waals surface area (Å²) in [7, 11) is 0. The lowest BCUT2D eigenvalue weighted by Gasteiger charge is -2.34. The largest absolute Gasteiger partial charge is 0.322 e. The number of aromatic nitrogens is 5. The van der Waals surface area contributed by atoms with E-state index in [1.165, 1.54) is 11.8 Å². The van der Waals surface area contributed by atoms with Crippen molar-refractivity contribution in [3.63, 3.8) is 0 Å². The second-order valence-electron chi connectivity index (χ2n) is 11.5. The van der Waals surface area contributed by atoms with Crippen LogP contribution in [0, 0.1) is 19.7 Å². The minimum absolute atomic E-state index is 0.0222. The lowest BCUT2D eigenvalue weighted by atomic mass is 10.0. The van der Waals surface area contributed by atoms with Crippen LogP contribution in [0.1, 0.15) is 49.8 Å². The lowest BCUT2D eigenvalue weighted by Crippen LogP contribution is -2.45. The van der Waals surface area contributed by atoms with E-state index < -0.39 is 5.82 Å². The summed E-state index contributed by atoms with van der Waals surface area (Å²) in [6.07, 6.45) is 3.23. The molecule has 0 atom stereocenters. The van der Waals surface area contributed by atoms with Gasteiger partial charge in [-0.2, -0.15) is 0 Å². The zero-order chi connectivity index (χ0) is 27.3. The lowest BCUT2D eigenvalue weighted by molar-refractivity contribution is 0.131. The molecule has 3 aromatic heterocycles. The van der Waals surface area contributed by atoms with E-state index in [4.69, 9.17) is 9.97 Å². The van der Waals surface area contributed by atoms with Crippen LogP contribution in [-0.4, -0.2) is 67.0 Å². The Labute approximate surface area is 229 Å². The van der Waals surface area contributed by atoms with Crippen LogP contribution in [0.4, 0.5) is 16.2 Å². The van der Waals surface area contributed by atoms with E-state index in [0.29, 0.717) is 11.8 Å². The number of nitrogens with zero attached hydrogens (tertiary/aromatic N) is 7. The van der Waals surface area contributed by atoms with E-state index in [1.54, 1.807) is 0 Å². The van der Waals surface area contributed by atoms with Crippen molar-refractivity contribution >= 4 is 22.8 Å². The van der Waals surface area contributed by atoms with Gasteiger partial charge in [0.05, 0.1) is 17.2 Å². The van der Waals surface area contributed by atoms with Gasteiger partial charge < -0.3 is 14.8 Å². The molecule has 1 saturated heterocycles. The molecule has 0 amide bonds. The summed E-state index contributed by atoms with van der Waals surface area (Å²) in [5, 5.41) is 3.19. The highest BCUT2D eigenvalue weighted by Crippen LogP contribution is 2.38. The molecule has 2 aliphatic rings. The fraction of sp³-hybridized carbons (Fsp3) is 0.467. The maximum absolute atomic E-state index is 15.1. The number of hydrogen-bond acceptors (Lipinski definition) is 7. The molecule has 1 N–H and O–H groups in total. The zero-order valence-corrected chi connectivity index (χ0v) is 23.6. The number of pyridine rings is 1. The molecule has 8 nitrogen and oxygen atoms in total. The Morgan fingerprint density at radius 1 is 1.00 bits per heavy atom. The number of fused-ring (bicyclic) bond motifs is 3. The number of likely N-dealkylation sites (N-methyl/N-ethyl adjacent to an activating group) is 1. The van der Waals surface area contributed by atoms with Crippen molar-refractivity contribution in [3.8, 4) is 11.3 Å². The summed E-state index contributed by atoms with van der Waals surface area (Å²) >= 11 is 0. The predicted molar refractivity (Wildman–Crippen MR) is 153 cm³/mol. The van der Waals surface area contributed by atoms with Crippen molar-refractivity contribution in [2.75, 3.05) is 38.0 Å². The number of halogens is 1. The Bertz CT molecular complexity index is 1530. The first kappa shape index (κ1) is 25.8. The molecule has 204 valence electrons. The van der Waals surface area contributed by atoms with E-state index in [0.717, 1.165) is 85.8 Å². The van der Waals surface area contributed by atoms with Crippen LogP contribution in [0.3, 0.4) is 0 Å². The molecule has 0 radical (unpaired) electrons. The molecular weight excluding hydrogens is 491 g/mol. The smallest absolute Gasteiger partial charge is 0.229 e. The topological polar surface area (TPSA) is 75.0 Å². The number of nitrogens with one attached hydrogen (secondary N) is 1. The van der Waals surface area contributed by atoms with Gasteiger partial charge in [-0.1, -0.05) is 13.0 Å². The SMILES string of the molecule is CCN1CCN(Cc2ccc(Nc3ncc(F)c(-c4cc(C)c5nc6n(c5c4)C(C)(C)CC6)n3)nc2C)CC1. The molecule has 4 aromatic rings. The highest BCUT2D eigenvalue weighted by Gasteiger charge is 2.32. The highest BCUT2D eigenvalue weighted by molar-refractivity contribution is 5.86. The van der Waals surface area contributed by atoms with Crippen LogP contribution in [0.2, 0.25) is 0 Å². The van der Waals surface area contributed by atoms with E-state index in [-0.39, 0.29) is 11.2 Å². The molecule has 1 fully saturated rings. The summed E-state index contributed by atoms with van der Waals surface area (Å²) in [6, 6.07) is 8.04. The van der Waals surface area contributed by atoms with Gasteiger partial charge in [0, 0.05) is 55.9 Å². The van der Waals surface area contributed by atoms with E-state index in [1.807, 2.05) is 32.0 Å². The molecule has 6 rings (SSSR count). The van der Waals surface area contributed by atoms with Gasteiger partial charge in [-0.25, -0.2) is 24.3 Å². The quantitative estimate of drug-likeness (QED) is 0.368. The van der Waals surface area contributed by atoms with Crippen LogP contribution in [0.25, 0.3) is 22.3 Å². The second-order valence-corrected chi connectivity index (χ2v) is 11.5. The summed E-state index contributed by atoms with van der Waals surface area (Å²) in [5.74, 6) is 1.60. The monoisotopic (exact) mass is 528 g/mol. The standard InChI is InChI=1S/C30H37FN8/c1-6-37-11-13-38(14-12-37)18-21-7-8-25(33-20(21)3)34-29-32-17-23(31)28(36-29)22-15-19(2)27-24(16-22)39-26(35-27)9-10-30(39,4)5/h7-8,15-17H,6,9-14,18H2,1-5H3,(H,32,33,34,36). The zero-order valence-electron chi connectivity index (χ0n) is 23.6. The third kappa shape index (κ3) is 4.89. The number of hydrogen-bond donors (Lipinski definition) is 1. The third-order valence-corrected chi connectivity index (χ3v) is 8.34. The molecule has 2 aliphatic heterocycles. The summed E-state index contributed by atoms with van der Waals surface area (Å²) in [5.41, 5.74) is 6.16. The molecule has 1 aromatic carbocycles. The Kier molecular flexibility index (Phi) is 6.59. The number of benzene rings is 1. The van der Waals surface area contributed by atoms with Crippen LogP contribution >= 0.6 is 0 Å². The number of imidazole rings is 1. The first-order chi connectivity index (χ1) is 18.7. The molecule has 0 bridgehead atoms. The predicted octanol–water partition coefficient (Wildman–Crippen LogP) is 5.21. The number of aryl methyl sites for hydroxylation is 3. The van der Waals surface area contributed by atoms with Gasteiger partial charge in [0.1, 0.15) is 17.3 Å². The van der Waals surface area contributed by atoms with Crippen molar-refractivity contribution < 1.29 is 4.39 Å². The van der Waals surface area contributed by atoms with Crippen LogP contribution in [0.15, 0.2) is 30.5 Å². The molecule has 39 heavy (non-hydrogen) atoms. The fourth-order valence-corrected chi connectivity index (χ4v) is 5.98. The molecule has 5 heterocycles. The summed E-state index contributed by atoms with van der Waals surface area (Å²) in [4.78, 5) is 23.4. The van der Waals surface area contributed by atoms with Gasteiger partial charge in [0.25, 0.3) is 0 Å². The average molecular weight is 529 g/mol. The Hall–Kier alpha value is -3.43. The van der Waals surface area contributed by atoms with Gasteiger partial charge >= 0.3 is 0 Å². The van der Waals surface area contributed by atoms with Crippen LogP contribution < -0.4 is 5.32 Å². The van der Waals surface area contributed by atoms with E-state index >= 15 is 4.39 Å². The van der Waals surface area contributed by atoms with Gasteiger partial charge in [-0.15, -0.1) is 0 Å². The second kappa shape index (κ2) is 9.95. The maximum Gasteiger partial charge on any atom is 0.229 e. The highest BCUT2D eigenvalue weighted by atomic mass is 19.1. The van der Waals surface area contributed by atoms with Gasteiger partial charge in [0.15, 0.2) is 5.82 Å². The molecule has 0 aliphatic carbocycles. The van der Waals surface area contributed by atoms with E-state index in [9.17, 15) is 0 Å². The first-order valence-electron chi connectivity index (χ1n) is 14.0. The minimum atomic E-state index is -0.456. The molecule has 0 unspecified atom stereocenters. The summed E-state index contributed by atoms with van der Waals surface area (Å²) in [6.45, 7) is 17.1. The Morgan fingerprint density at radius 2 is 1.77 bits per heavy atom. The number of piperazine rings is 1. The first-order valence-corrected chi connectivity index (χ1v) is 14.0. The third-order valence-electron chi connectivity index (χ3n) is 8.34. The van der Waals surface area contributed by atoms with E-state index in [2.05, 4.69) is 56.5 Å². The number of anilines is 2. The van der Waals surface area contributed by atoms with Gasteiger partial charge in [-0.3, -0.25) is 4.90 Å². The van der Waals surface area contributed by atoms with Crippen molar-refractivity contribution in [2.45, 2.75) is 59.5 Å². The van der Waals surface area contributed by atoms with Crippen molar-refractivity contribution in [3.05, 3.63) is 58.9 Å². The van der Waals surface area contributed by atoms with Crippen LogP contribution in [0.5, 0.6) is 0 Å².